The van der Waals surface area contributed by atoms with E-state index in [1.54, 1.807) is 12.1 Å². The molecule has 0 aliphatic carbocycles. The molecule has 1 aromatic carbocycles. The molecule has 1 fully saturated rings. The van der Waals surface area contributed by atoms with Gasteiger partial charge in [0, 0.05) is 25.6 Å². The van der Waals surface area contributed by atoms with E-state index in [4.69, 9.17) is 0 Å². The van der Waals surface area contributed by atoms with Crippen LogP contribution in [0.4, 0.5) is 8.78 Å². The molecule has 0 amide bonds. The van der Waals surface area contributed by atoms with Crippen LogP contribution in [0, 0.1) is 0 Å². The van der Waals surface area contributed by atoms with Gasteiger partial charge in [-0.15, -0.1) is 0 Å². The van der Waals surface area contributed by atoms with Crippen LogP contribution < -0.4 is 0 Å². The van der Waals surface area contributed by atoms with Gasteiger partial charge in [-0.3, -0.25) is 4.90 Å². The second-order valence-corrected chi connectivity index (χ2v) is 5.12. The second kappa shape index (κ2) is 5.33. The van der Waals surface area contributed by atoms with Gasteiger partial charge in [0.1, 0.15) is 0 Å². The predicted molar refractivity (Wildman–Crippen MR) is 66.5 cm³/mol. The predicted octanol–water partition coefficient (Wildman–Crippen LogP) is 2.76. The van der Waals surface area contributed by atoms with Crippen molar-refractivity contribution in [3.63, 3.8) is 0 Å². The topological polar surface area (TPSA) is 23.5 Å². The number of benzene rings is 1. The Kier molecular flexibility index (Phi) is 3.97. The molecule has 100 valence electrons. The van der Waals surface area contributed by atoms with E-state index in [1.165, 1.54) is 12.1 Å². The molecule has 0 bridgehead atoms. The van der Waals surface area contributed by atoms with Crippen molar-refractivity contribution >= 4 is 0 Å². The molecule has 1 aromatic rings. The molecule has 1 heterocycles. The highest BCUT2D eigenvalue weighted by atomic mass is 19.3. The van der Waals surface area contributed by atoms with Crippen molar-refractivity contribution in [1.82, 2.24) is 4.90 Å². The van der Waals surface area contributed by atoms with Gasteiger partial charge in [0.25, 0.3) is 5.92 Å². The summed E-state index contributed by atoms with van der Waals surface area (Å²) in [5.41, 5.74) is 1.06. The first-order chi connectivity index (χ1) is 8.45. The van der Waals surface area contributed by atoms with Gasteiger partial charge in [0.2, 0.25) is 0 Å². The minimum Gasteiger partial charge on any atom is -0.392 e. The number of likely N-dealkylation sites (tertiary alicyclic amines) is 1. The minimum atomic E-state index is -2.78. The lowest BCUT2D eigenvalue weighted by Gasteiger charge is -2.30. The molecular weight excluding hydrogens is 236 g/mol. The molecule has 0 aromatic heterocycles. The molecule has 1 atom stereocenters. The van der Waals surface area contributed by atoms with Gasteiger partial charge in [-0.1, -0.05) is 24.3 Å². The Morgan fingerprint density at radius 3 is 2.56 bits per heavy atom. The molecule has 1 aliphatic rings. The molecule has 0 saturated carbocycles. The molecule has 1 N–H and O–H groups in total. The maximum Gasteiger partial charge on any atom is 0.270 e. The molecule has 2 nitrogen and oxygen atoms in total. The molecule has 0 radical (unpaired) electrons. The maximum absolute atomic E-state index is 13.1. The van der Waals surface area contributed by atoms with Crippen molar-refractivity contribution in [2.24, 2.45) is 0 Å². The number of aliphatic hydroxyl groups is 1. The van der Waals surface area contributed by atoms with E-state index in [1.807, 2.05) is 0 Å². The third kappa shape index (κ3) is 3.50. The van der Waals surface area contributed by atoms with Crippen molar-refractivity contribution in [3.05, 3.63) is 35.4 Å². The number of β-amino-alcohol motifs (C(OH)–C–C–N with tert-alkyl or cyclic N) is 1. The van der Waals surface area contributed by atoms with E-state index in [-0.39, 0.29) is 11.7 Å². The summed E-state index contributed by atoms with van der Waals surface area (Å²) in [6, 6.07) is 6.45. The zero-order valence-corrected chi connectivity index (χ0v) is 10.6. The van der Waals surface area contributed by atoms with Crippen molar-refractivity contribution in [1.29, 1.82) is 0 Å². The summed E-state index contributed by atoms with van der Waals surface area (Å²) in [5, 5.41) is 9.57. The number of alkyl halides is 2. The van der Waals surface area contributed by atoms with Crippen LogP contribution in [0.25, 0.3) is 0 Å². The average Bonchev–Trinajstić information content (AvgIpc) is 2.28. The largest absolute Gasteiger partial charge is 0.392 e. The second-order valence-electron chi connectivity index (χ2n) is 5.12. The zero-order valence-electron chi connectivity index (χ0n) is 10.6. The van der Waals surface area contributed by atoms with Crippen molar-refractivity contribution < 1.29 is 13.9 Å². The summed E-state index contributed by atoms with van der Waals surface area (Å²) in [6.45, 7) is 3.25. The first-order valence-corrected chi connectivity index (χ1v) is 6.33. The summed E-state index contributed by atoms with van der Waals surface area (Å²) in [5.74, 6) is -2.78. The summed E-state index contributed by atoms with van der Waals surface area (Å²) < 4.78 is 26.1. The Morgan fingerprint density at radius 1 is 1.33 bits per heavy atom. The van der Waals surface area contributed by atoms with Gasteiger partial charge < -0.3 is 5.11 Å². The van der Waals surface area contributed by atoms with E-state index in [0.29, 0.717) is 13.1 Å². The van der Waals surface area contributed by atoms with E-state index < -0.39 is 5.92 Å². The quantitative estimate of drug-likeness (QED) is 0.897. The Hall–Kier alpha value is -1.00. The van der Waals surface area contributed by atoms with Crippen LogP contribution in [0.3, 0.4) is 0 Å². The normalized spacial score (nSPS) is 22.1. The fourth-order valence-electron chi connectivity index (χ4n) is 2.34. The number of rotatable bonds is 3. The average molecular weight is 255 g/mol. The highest BCUT2D eigenvalue weighted by Gasteiger charge is 2.24. The molecule has 1 saturated heterocycles. The lowest BCUT2D eigenvalue weighted by Crippen LogP contribution is -2.37. The summed E-state index contributed by atoms with van der Waals surface area (Å²) >= 11 is 0. The Bertz CT molecular complexity index is 386. The molecule has 18 heavy (non-hydrogen) atoms. The Morgan fingerprint density at radius 2 is 2.00 bits per heavy atom. The van der Waals surface area contributed by atoms with E-state index >= 15 is 0 Å². The van der Waals surface area contributed by atoms with Crippen molar-refractivity contribution in [2.75, 3.05) is 13.1 Å². The fraction of sp³-hybridized carbons (Fsp3) is 0.571. The molecular formula is C14H19F2NO. The summed E-state index contributed by atoms with van der Waals surface area (Å²) in [6.07, 6.45) is 1.60. The number of piperidine rings is 1. The number of aliphatic hydroxyl groups excluding tert-OH is 1. The number of hydrogen-bond donors (Lipinski definition) is 1. The molecule has 0 spiro atoms. The third-order valence-electron chi connectivity index (χ3n) is 3.35. The maximum atomic E-state index is 13.1. The van der Waals surface area contributed by atoms with E-state index in [0.717, 1.165) is 31.9 Å². The lowest BCUT2D eigenvalue weighted by molar-refractivity contribution is 0.0174. The van der Waals surface area contributed by atoms with Crippen LogP contribution in [0.1, 0.15) is 30.9 Å². The smallest absolute Gasteiger partial charge is 0.270 e. The van der Waals surface area contributed by atoms with Crippen LogP contribution in [-0.2, 0) is 12.5 Å². The molecule has 4 heteroatoms. The van der Waals surface area contributed by atoms with Crippen LogP contribution in [-0.4, -0.2) is 29.2 Å². The standard InChI is InChI=1S/C14H19F2NO/c1-14(15,16)12-6-4-11(5-7-12)9-17-8-2-3-13(18)10-17/h4-7,13,18H,2-3,8-10H2,1H3. The lowest BCUT2D eigenvalue weighted by atomic mass is 10.0. The van der Waals surface area contributed by atoms with Gasteiger partial charge in [-0.2, -0.15) is 0 Å². The Balaban J connectivity index is 1.98. The number of halogens is 2. The van der Waals surface area contributed by atoms with E-state index in [9.17, 15) is 13.9 Å². The molecule has 1 aliphatic heterocycles. The molecule has 2 rings (SSSR count). The highest BCUT2D eigenvalue weighted by Crippen LogP contribution is 2.27. The first kappa shape index (κ1) is 13.4. The summed E-state index contributed by atoms with van der Waals surface area (Å²) in [4.78, 5) is 2.16. The van der Waals surface area contributed by atoms with Gasteiger partial charge in [-0.25, -0.2) is 8.78 Å². The van der Waals surface area contributed by atoms with Crippen LogP contribution in [0.15, 0.2) is 24.3 Å². The SMILES string of the molecule is CC(F)(F)c1ccc(CN2CCCC(O)C2)cc1. The third-order valence-corrected chi connectivity index (χ3v) is 3.35. The van der Waals surface area contributed by atoms with Crippen molar-refractivity contribution in [2.45, 2.75) is 38.3 Å². The fourth-order valence-corrected chi connectivity index (χ4v) is 2.34. The Labute approximate surface area is 106 Å². The van der Waals surface area contributed by atoms with E-state index in [2.05, 4.69) is 4.90 Å². The number of nitrogens with zero attached hydrogens (tertiary/aromatic N) is 1. The number of hydrogen-bond acceptors (Lipinski definition) is 2. The zero-order chi connectivity index (χ0) is 13.2. The molecule has 1 unspecified atom stereocenters. The van der Waals surface area contributed by atoms with Crippen LogP contribution in [0.5, 0.6) is 0 Å². The minimum absolute atomic E-state index is 0.0462. The van der Waals surface area contributed by atoms with Gasteiger partial charge >= 0.3 is 0 Å². The monoisotopic (exact) mass is 255 g/mol. The van der Waals surface area contributed by atoms with Gasteiger partial charge in [0.15, 0.2) is 0 Å². The van der Waals surface area contributed by atoms with Gasteiger partial charge in [-0.05, 0) is 24.9 Å². The first-order valence-electron chi connectivity index (χ1n) is 6.33. The highest BCUT2D eigenvalue weighted by molar-refractivity contribution is 5.25. The summed E-state index contributed by atoms with van der Waals surface area (Å²) in [7, 11) is 0. The van der Waals surface area contributed by atoms with Crippen molar-refractivity contribution in [3.8, 4) is 0 Å². The van der Waals surface area contributed by atoms with Gasteiger partial charge in [0.05, 0.1) is 6.10 Å². The van der Waals surface area contributed by atoms with Crippen LogP contribution >= 0.6 is 0 Å². The van der Waals surface area contributed by atoms with Crippen LogP contribution in [0.2, 0.25) is 0 Å².